The molecule has 2 rings (SSSR count). The Morgan fingerprint density at radius 3 is 2.65 bits per heavy atom. The fraction of sp³-hybridized carbons (Fsp3) is 0.938. The first-order valence-corrected chi connectivity index (χ1v) is 8.15. The first-order chi connectivity index (χ1) is 9.42. The van der Waals surface area contributed by atoms with E-state index in [1.54, 1.807) is 0 Å². The molecule has 1 heterocycles. The molecule has 0 aromatic rings. The van der Waals surface area contributed by atoms with Crippen molar-refractivity contribution in [3.63, 3.8) is 0 Å². The van der Waals surface area contributed by atoms with Gasteiger partial charge in [-0.3, -0.25) is 0 Å². The fourth-order valence-electron chi connectivity index (χ4n) is 3.75. The minimum atomic E-state index is -0.402. The second kappa shape index (κ2) is 6.33. The zero-order valence-electron chi connectivity index (χ0n) is 13.4. The van der Waals surface area contributed by atoms with Crippen molar-refractivity contribution in [3.05, 3.63) is 0 Å². The van der Waals surface area contributed by atoms with E-state index in [1.165, 1.54) is 19.3 Å². The van der Waals surface area contributed by atoms with Crippen molar-refractivity contribution in [3.8, 4) is 0 Å². The van der Waals surface area contributed by atoms with E-state index >= 15 is 0 Å². The minimum Gasteiger partial charge on any atom is -0.444 e. The number of hydrogen-bond donors (Lipinski definition) is 1. The zero-order chi connectivity index (χ0) is 14.8. The molecule has 116 valence electrons. The maximum absolute atomic E-state index is 12.4. The molecule has 1 aliphatic carbocycles. The van der Waals surface area contributed by atoms with Crippen LogP contribution in [0.4, 0.5) is 4.79 Å². The summed E-state index contributed by atoms with van der Waals surface area (Å²) in [4.78, 5) is 14.4. The summed E-state index contributed by atoms with van der Waals surface area (Å²) in [6.07, 6.45) is 5.88. The summed E-state index contributed by atoms with van der Waals surface area (Å²) in [5.74, 6) is 0.602. The van der Waals surface area contributed by atoms with E-state index < -0.39 is 5.60 Å². The van der Waals surface area contributed by atoms with Crippen LogP contribution >= 0.6 is 0 Å². The van der Waals surface area contributed by atoms with Crippen LogP contribution in [0.1, 0.15) is 59.8 Å². The van der Waals surface area contributed by atoms with Gasteiger partial charge in [-0.15, -0.1) is 0 Å². The lowest BCUT2D eigenvalue weighted by molar-refractivity contribution is 0.0167. The average molecular weight is 282 g/mol. The number of nitrogens with zero attached hydrogens (tertiary/aromatic N) is 1. The molecule has 1 saturated heterocycles. The van der Waals surface area contributed by atoms with E-state index in [1.807, 2.05) is 25.7 Å². The summed E-state index contributed by atoms with van der Waals surface area (Å²) >= 11 is 0. The van der Waals surface area contributed by atoms with Gasteiger partial charge in [0, 0.05) is 18.6 Å². The molecule has 4 heteroatoms. The molecule has 2 fully saturated rings. The number of carbonyl (C=O) groups is 1. The van der Waals surface area contributed by atoms with Crippen LogP contribution in [0.3, 0.4) is 0 Å². The molecular formula is C16H30N2O2. The molecule has 1 saturated carbocycles. The average Bonchev–Trinajstić information content (AvgIpc) is 2.93. The van der Waals surface area contributed by atoms with Gasteiger partial charge in [-0.05, 0) is 58.9 Å². The highest BCUT2D eigenvalue weighted by molar-refractivity contribution is 5.69. The zero-order valence-corrected chi connectivity index (χ0v) is 13.4. The van der Waals surface area contributed by atoms with Crippen molar-refractivity contribution in [2.24, 2.45) is 5.92 Å². The number of carbonyl (C=O) groups excluding carboxylic acids is 1. The number of ether oxygens (including phenoxy) is 1. The molecule has 3 unspecified atom stereocenters. The molecule has 0 aromatic heterocycles. The first-order valence-electron chi connectivity index (χ1n) is 8.15. The Morgan fingerprint density at radius 2 is 2.00 bits per heavy atom. The van der Waals surface area contributed by atoms with Gasteiger partial charge in [0.15, 0.2) is 0 Å². The number of nitrogens with one attached hydrogen (secondary N) is 1. The van der Waals surface area contributed by atoms with Crippen molar-refractivity contribution in [2.45, 2.75) is 77.5 Å². The van der Waals surface area contributed by atoms with Gasteiger partial charge in [0.1, 0.15) is 5.60 Å². The molecule has 4 nitrogen and oxygen atoms in total. The SMILES string of the molecule is CCNC1CCCC1C1CCCN1C(=O)OC(C)(C)C. The molecule has 0 radical (unpaired) electrons. The van der Waals surface area contributed by atoms with Gasteiger partial charge in [0.2, 0.25) is 0 Å². The van der Waals surface area contributed by atoms with Crippen molar-refractivity contribution >= 4 is 6.09 Å². The third-order valence-electron chi connectivity index (χ3n) is 4.46. The maximum Gasteiger partial charge on any atom is 0.410 e. The van der Waals surface area contributed by atoms with Gasteiger partial charge in [-0.1, -0.05) is 13.3 Å². The third kappa shape index (κ3) is 3.66. The lowest BCUT2D eigenvalue weighted by Crippen LogP contribution is -2.47. The van der Waals surface area contributed by atoms with Crippen LogP contribution in [0.25, 0.3) is 0 Å². The van der Waals surface area contributed by atoms with E-state index in [0.29, 0.717) is 18.0 Å². The van der Waals surface area contributed by atoms with Crippen molar-refractivity contribution < 1.29 is 9.53 Å². The summed E-state index contributed by atoms with van der Waals surface area (Å²) in [6, 6.07) is 0.949. The summed E-state index contributed by atoms with van der Waals surface area (Å²) in [7, 11) is 0. The van der Waals surface area contributed by atoms with E-state index in [0.717, 1.165) is 25.9 Å². The smallest absolute Gasteiger partial charge is 0.410 e. The highest BCUT2D eigenvalue weighted by Gasteiger charge is 2.41. The molecule has 20 heavy (non-hydrogen) atoms. The topological polar surface area (TPSA) is 41.6 Å². The van der Waals surface area contributed by atoms with Gasteiger partial charge >= 0.3 is 6.09 Å². The predicted molar refractivity (Wildman–Crippen MR) is 80.8 cm³/mol. The van der Waals surface area contributed by atoms with E-state index in [9.17, 15) is 4.79 Å². The van der Waals surface area contributed by atoms with Gasteiger partial charge in [-0.25, -0.2) is 4.79 Å². The second-order valence-electron chi connectivity index (χ2n) is 7.14. The number of hydrogen-bond acceptors (Lipinski definition) is 3. The fourth-order valence-corrected chi connectivity index (χ4v) is 3.75. The largest absolute Gasteiger partial charge is 0.444 e. The number of likely N-dealkylation sites (tertiary alicyclic amines) is 1. The summed E-state index contributed by atoms with van der Waals surface area (Å²) in [6.45, 7) is 9.85. The quantitative estimate of drug-likeness (QED) is 0.864. The standard InChI is InChI=1S/C16H30N2O2/c1-5-17-13-9-6-8-12(13)14-10-7-11-18(14)15(19)20-16(2,3)4/h12-14,17H,5-11H2,1-4H3. The van der Waals surface area contributed by atoms with Crippen LogP contribution in [0.2, 0.25) is 0 Å². The Labute approximate surface area is 123 Å². The molecule has 1 aliphatic heterocycles. The molecule has 1 amide bonds. The summed E-state index contributed by atoms with van der Waals surface area (Å²) < 4.78 is 5.57. The second-order valence-corrected chi connectivity index (χ2v) is 7.14. The molecule has 0 aromatic carbocycles. The summed E-state index contributed by atoms with van der Waals surface area (Å²) in [5, 5.41) is 3.60. The van der Waals surface area contributed by atoms with Gasteiger partial charge in [0.05, 0.1) is 0 Å². The van der Waals surface area contributed by atoms with Crippen molar-refractivity contribution in [2.75, 3.05) is 13.1 Å². The molecule has 1 N–H and O–H groups in total. The van der Waals surface area contributed by atoms with Crippen LogP contribution in [0.15, 0.2) is 0 Å². The van der Waals surface area contributed by atoms with Crippen LogP contribution in [-0.2, 0) is 4.74 Å². The highest BCUT2D eigenvalue weighted by atomic mass is 16.6. The van der Waals surface area contributed by atoms with Gasteiger partial charge < -0.3 is 15.0 Å². The number of rotatable bonds is 3. The lowest BCUT2D eigenvalue weighted by Gasteiger charge is -2.34. The number of amides is 1. The Hall–Kier alpha value is -0.770. The molecule has 0 spiro atoms. The molecular weight excluding hydrogens is 252 g/mol. The van der Waals surface area contributed by atoms with E-state index in [4.69, 9.17) is 4.74 Å². The normalized spacial score (nSPS) is 30.8. The molecule has 0 bridgehead atoms. The predicted octanol–water partition coefficient (Wildman–Crippen LogP) is 3.16. The van der Waals surface area contributed by atoms with Crippen molar-refractivity contribution in [1.29, 1.82) is 0 Å². The molecule has 3 atom stereocenters. The van der Waals surface area contributed by atoms with Gasteiger partial charge in [0.25, 0.3) is 0 Å². The van der Waals surface area contributed by atoms with Crippen molar-refractivity contribution in [1.82, 2.24) is 10.2 Å². The Kier molecular flexibility index (Phi) is 4.95. The van der Waals surface area contributed by atoms with Crippen LogP contribution in [-0.4, -0.2) is 41.8 Å². The highest BCUT2D eigenvalue weighted by Crippen LogP contribution is 2.36. The minimum absolute atomic E-state index is 0.123. The monoisotopic (exact) mass is 282 g/mol. The Balaban J connectivity index is 2.01. The Morgan fingerprint density at radius 1 is 1.25 bits per heavy atom. The third-order valence-corrected chi connectivity index (χ3v) is 4.46. The first kappa shape index (κ1) is 15.6. The molecule has 2 aliphatic rings. The van der Waals surface area contributed by atoms with E-state index in [2.05, 4.69) is 12.2 Å². The van der Waals surface area contributed by atoms with Gasteiger partial charge in [-0.2, -0.15) is 0 Å². The Bertz CT molecular complexity index is 338. The summed E-state index contributed by atoms with van der Waals surface area (Å²) in [5.41, 5.74) is -0.402. The lowest BCUT2D eigenvalue weighted by atomic mass is 9.92. The van der Waals surface area contributed by atoms with E-state index in [-0.39, 0.29) is 6.09 Å². The maximum atomic E-state index is 12.4. The van der Waals surface area contributed by atoms with Crippen LogP contribution in [0, 0.1) is 5.92 Å². The van der Waals surface area contributed by atoms with Crippen LogP contribution in [0.5, 0.6) is 0 Å². The van der Waals surface area contributed by atoms with Crippen LogP contribution < -0.4 is 5.32 Å².